The van der Waals surface area contributed by atoms with Crippen molar-refractivity contribution in [3.8, 4) is 0 Å². The van der Waals surface area contributed by atoms with Crippen molar-refractivity contribution in [1.82, 2.24) is 5.32 Å². The summed E-state index contributed by atoms with van der Waals surface area (Å²) >= 11 is 0. The molecule has 0 aromatic heterocycles. The van der Waals surface area contributed by atoms with Gasteiger partial charge in [0, 0.05) is 18.7 Å². The van der Waals surface area contributed by atoms with Crippen LogP contribution in [0.15, 0.2) is 54.6 Å². The number of hydrogen-bond acceptors (Lipinski definition) is 2. The van der Waals surface area contributed by atoms with Crippen LogP contribution < -0.4 is 10.6 Å². The van der Waals surface area contributed by atoms with E-state index in [4.69, 9.17) is 0 Å². The molecule has 26 heavy (non-hydrogen) atoms. The number of hydrogen-bond donors (Lipinski definition) is 2. The lowest BCUT2D eigenvalue weighted by molar-refractivity contribution is -0.123. The second-order valence-electron chi connectivity index (χ2n) is 6.91. The highest BCUT2D eigenvalue weighted by atomic mass is 16.2. The summed E-state index contributed by atoms with van der Waals surface area (Å²) in [6.45, 7) is 2.52. The topological polar surface area (TPSA) is 58.2 Å². The average molecular weight is 350 g/mol. The molecule has 1 aliphatic carbocycles. The summed E-state index contributed by atoms with van der Waals surface area (Å²) in [7, 11) is 0. The van der Waals surface area contributed by atoms with E-state index in [0.717, 1.165) is 36.9 Å². The molecule has 0 radical (unpaired) electrons. The zero-order valence-corrected chi connectivity index (χ0v) is 15.3. The third kappa shape index (κ3) is 4.31. The van der Waals surface area contributed by atoms with Crippen molar-refractivity contribution in [3.05, 3.63) is 65.7 Å². The third-order valence-electron chi connectivity index (χ3n) is 5.00. The van der Waals surface area contributed by atoms with Crippen LogP contribution in [0.2, 0.25) is 0 Å². The van der Waals surface area contributed by atoms with Gasteiger partial charge in [0.25, 0.3) is 0 Å². The van der Waals surface area contributed by atoms with Gasteiger partial charge in [-0.05, 0) is 48.9 Å². The SMILES string of the molecule is CCC(=O)Nc1ccc(C2(C(=O)NCCCc3ccccc3)CC2)cc1. The molecule has 136 valence electrons. The summed E-state index contributed by atoms with van der Waals surface area (Å²) in [5.41, 5.74) is 2.74. The Morgan fingerprint density at radius 3 is 2.31 bits per heavy atom. The zero-order chi connectivity index (χ0) is 18.4. The van der Waals surface area contributed by atoms with E-state index in [2.05, 4.69) is 22.8 Å². The molecule has 4 nitrogen and oxygen atoms in total. The lowest BCUT2D eigenvalue weighted by Crippen LogP contribution is -2.35. The lowest BCUT2D eigenvalue weighted by Gasteiger charge is -2.16. The Hall–Kier alpha value is -2.62. The minimum atomic E-state index is -0.375. The molecular weight excluding hydrogens is 324 g/mol. The largest absolute Gasteiger partial charge is 0.355 e. The Morgan fingerprint density at radius 2 is 1.69 bits per heavy atom. The summed E-state index contributed by atoms with van der Waals surface area (Å²) in [5.74, 6) is 0.117. The Bertz CT molecular complexity index is 749. The number of carbonyl (C=O) groups is 2. The van der Waals surface area contributed by atoms with Crippen LogP contribution in [0.1, 0.15) is 43.7 Å². The summed E-state index contributed by atoms with van der Waals surface area (Å²) in [6.07, 6.45) is 4.14. The van der Waals surface area contributed by atoms with E-state index >= 15 is 0 Å². The Kier molecular flexibility index (Phi) is 5.71. The normalized spacial score (nSPS) is 14.5. The number of aryl methyl sites for hydroxylation is 1. The van der Waals surface area contributed by atoms with Gasteiger partial charge in [-0.3, -0.25) is 9.59 Å². The maximum Gasteiger partial charge on any atom is 0.230 e. The van der Waals surface area contributed by atoms with Crippen LogP contribution in [-0.4, -0.2) is 18.4 Å². The van der Waals surface area contributed by atoms with Crippen LogP contribution in [0, 0.1) is 0 Å². The number of nitrogens with one attached hydrogen (secondary N) is 2. The molecule has 2 amide bonds. The van der Waals surface area contributed by atoms with Crippen molar-refractivity contribution < 1.29 is 9.59 Å². The van der Waals surface area contributed by atoms with Crippen LogP contribution in [0.3, 0.4) is 0 Å². The molecule has 2 N–H and O–H groups in total. The van der Waals surface area contributed by atoms with E-state index in [1.807, 2.05) is 49.4 Å². The monoisotopic (exact) mass is 350 g/mol. The molecule has 0 saturated heterocycles. The van der Waals surface area contributed by atoms with Gasteiger partial charge in [-0.2, -0.15) is 0 Å². The maximum absolute atomic E-state index is 12.7. The zero-order valence-electron chi connectivity index (χ0n) is 15.3. The summed E-state index contributed by atoms with van der Waals surface area (Å²) < 4.78 is 0. The van der Waals surface area contributed by atoms with E-state index in [1.165, 1.54) is 5.56 Å². The van der Waals surface area contributed by atoms with E-state index in [0.29, 0.717) is 13.0 Å². The number of amides is 2. The predicted molar refractivity (Wildman–Crippen MR) is 104 cm³/mol. The van der Waals surface area contributed by atoms with Gasteiger partial charge in [-0.25, -0.2) is 0 Å². The predicted octanol–water partition coefficient (Wildman–Crippen LogP) is 3.82. The fourth-order valence-corrected chi connectivity index (χ4v) is 3.20. The summed E-state index contributed by atoms with van der Waals surface area (Å²) in [6, 6.07) is 18.0. The molecule has 1 saturated carbocycles. The standard InChI is InChI=1S/C22H26N2O2/c1-2-20(25)24-19-12-10-18(11-13-19)22(14-15-22)21(26)23-16-6-9-17-7-4-3-5-8-17/h3-5,7-8,10-13H,2,6,9,14-16H2,1H3,(H,23,26)(H,24,25). The third-order valence-corrected chi connectivity index (χ3v) is 5.00. The molecule has 0 bridgehead atoms. The molecule has 0 spiro atoms. The van der Waals surface area contributed by atoms with Gasteiger partial charge in [0.1, 0.15) is 0 Å². The molecule has 0 aliphatic heterocycles. The Labute approximate surface area is 155 Å². The first kappa shape index (κ1) is 18.2. The molecule has 0 heterocycles. The molecule has 3 rings (SSSR count). The molecule has 4 heteroatoms. The Balaban J connectivity index is 1.51. The maximum atomic E-state index is 12.7. The first-order valence-electron chi connectivity index (χ1n) is 9.37. The van der Waals surface area contributed by atoms with Gasteiger partial charge in [-0.15, -0.1) is 0 Å². The quantitative estimate of drug-likeness (QED) is 0.711. The number of rotatable bonds is 8. The van der Waals surface area contributed by atoms with Crippen molar-refractivity contribution in [1.29, 1.82) is 0 Å². The van der Waals surface area contributed by atoms with Crippen molar-refractivity contribution in [2.75, 3.05) is 11.9 Å². The number of carbonyl (C=O) groups excluding carboxylic acids is 2. The fraction of sp³-hybridized carbons (Fsp3) is 0.364. The minimum absolute atomic E-state index is 0.00459. The smallest absolute Gasteiger partial charge is 0.230 e. The van der Waals surface area contributed by atoms with Gasteiger partial charge in [0.05, 0.1) is 5.41 Å². The second kappa shape index (κ2) is 8.17. The van der Waals surface area contributed by atoms with Crippen LogP contribution >= 0.6 is 0 Å². The highest BCUT2D eigenvalue weighted by molar-refractivity contribution is 5.92. The molecule has 1 fully saturated rings. The van der Waals surface area contributed by atoms with Crippen molar-refractivity contribution in [2.45, 2.75) is 44.4 Å². The van der Waals surface area contributed by atoms with E-state index in [9.17, 15) is 9.59 Å². The first-order valence-corrected chi connectivity index (χ1v) is 9.37. The number of benzene rings is 2. The Morgan fingerprint density at radius 1 is 1.00 bits per heavy atom. The average Bonchev–Trinajstić information content (AvgIpc) is 3.48. The van der Waals surface area contributed by atoms with Crippen LogP contribution in [0.4, 0.5) is 5.69 Å². The van der Waals surface area contributed by atoms with E-state index < -0.39 is 0 Å². The van der Waals surface area contributed by atoms with Gasteiger partial charge < -0.3 is 10.6 Å². The van der Waals surface area contributed by atoms with Crippen LogP contribution in [-0.2, 0) is 21.4 Å². The molecular formula is C22H26N2O2. The van der Waals surface area contributed by atoms with Gasteiger partial charge in [0.15, 0.2) is 0 Å². The second-order valence-corrected chi connectivity index (χ2v) is 6.91. The minimum Gasteiger partial charge on any atom is -0.355 e. The van der Waals surface area contributed by atoms with E-state index in [-0.39, 0.29) is 17.2 Å². The van der Waals surface area contributed by atoms with Gasteiger partial charge in [-0.1, -0.05) is 49.4 Å². The van der Waals surface area contributed by atoms with Crippen molar-refractivity contribution >= 4 is 17.5 Å². The van der Waals surface area contributed by atoms with Crippen LogP contribution in [0.5, 0.6) is 0 Å². The molecule has 0 unspecified atom stereocenters. The first-order chi connectivity index (χ1) is 12.6. The lowest BCUT2D eigenvalue weighted by atomic mass is 9.94. The molecule has 2 aromatic carbocycles. The highest BCUT2D eigenvalue weighted by Gasteiger charge is 2.50. The van der Waals surface area contributed by atoms with E-state index in [1.54, 1.807) is 0 Å². The van der Waals surface area contributed by atoms with Crippen molar-refractivity contribution in [2.24, 2.45) is 0 Å². The van der Waals surface area contributed by atoms with Crippen LogP contribution in [0.25, 0.3) is 0 Å². The summed E-state index contributed by atoms with van der Waals surface area (Å²) in [4.78, 5) is 24.1. The molecule has 1 aliphatic rings. The highest BCUT2D eigenvalue weighted by Crippen LogP contribution is 2.48. The molecule has 0 atom stereocenters. The number of anilines is 1. The van der Waals surface area contributed by atoms with Gasteiger partial charge in [0.2, 0.25) is 11.8 Å². The fourth-order valence-electron chi connectivity index (χ4n) is 3.20. The summed E-state index contributed by atoms with van der Waals surface area (Å²) in [5, 5.41) is 5.94. The van der Waals surface area contributed by atoms with Gasteiger partial charge >= 0.3 is 0 Å². The molecule has 2 aromatic rings. The van der Waals surface area contributed by atoms with Crippen molar-refractivity contribution in [3.63, 3.8) is 0 Å².